The van der Waals surface area contributed by atoms with Crippen molar-refractivity contribution in [3.05, 3.63) is 36.0 Å². The van der Waals surface area contributed by atoms with Crippen molar-refractivity contribution in [3.63, 3.8) is 0 Å². The van der Waals surface area contributed by atoms with Gasteiger partial charge in [0, 0.05) is 30.4 Å². The second-order valence-corrected chi connectivity index (χ2v) is 5.47. The number of piperidine rings is 1. The molecular weight excluding hydrogens is 291 g/mol. The molecule has 114 valence electrons. The number of hydrogen-bond acceptors (Lipinski definition) is 3. The van der Waals surface area contributed by atoms with Crippen molar-refractivity contribution in [2.24, 2.45) is 5.92 Å². The first-order valence-corrected chi connectivity index (χ1v) is 7.10. The molecule has 0 N–H and O–H groups in total. The molecule has 1 aliphatic rings. The van der Waals surface area contributed by atoms with Gasteiger partial charge in [-0.3, -0.25) is 4.98 Å². The highest BCUT2D eigenvalue weighted by molar-refractivity contribution is 5.95. The fourth-order valence-electron chi connectivity index (χ4n) is 2.99. The first-order chi connectivity index (χ1) is 10.5. The van der Waals surface area contributed by atoms with Gasteiger partial charge in [-0.1, -0.05) is 0 Å². The molecule has 3 rings (SSSR count). The number of hydrogen-bond donors (Lipinski definition) is 0. The quantitative estimate of drug-likeness (QED) is 0.802. The normalized spacial score (nSPS) is 19.2. The molecule has 1 unspecified atom stereocenters. The van der Waals surface area contributed by atoms with Crippen LogP contribution in [0.15, 0.2) is 30.5 Å². The molecule has 0 radical (unpaired) electrons. The van der Waals surface area contributed by atoms with Gasteiger partial charge in [0.25, 0.3) is 0 Å². The summed E-state index contributed by atoms with van der Waals surface area (Å²) in [6, 6.07) is 8.96. The number of halogens is 3. The number of anilines is 1. The summed E-state index contributed by atoms with van der Waals surface area (Å²) in [5.41, 5.74) is 1.69. The van der Waals surface area contributed by atoms with E-state index >= 15 is 0 Å². The Labute approximate surface area is 126 Å². The molecule has 2 heterocycles. The van der Waals surface area contributed by atoms with Gasteiger partial charge in [0.05, 0.1) is 17.0 Å². The second-order valence-electron chi connectivity index (χ2n) is 5.47. The van der Waals surface area contributed by atoms with Crippen molar-refractivity contribution in [2.45, 2.75) is 19.0 Å². The van der Waals surface area contributed by atoms with E-state index in [9.17, 15) is 13.2 Å². The van der Waals surface area contributed by atoms with Crippen molar-refractivity contribution in [2.75, 3.05) is 18.0 Å². The Morgan fingerprint density at radius 1 is 1.27 bits per heavy atom. The van der Waals surface area contributed by atoms with Crippen LogP contribution in [0.25, 0.3) is 10.9 Å². The predicted octanol–water partition coefficient (Wildman–Crippen LogP) is 3.89. The first kappa shape index (κ1) is 14.6. The highest BCUT2D eigenvalue weighted by Gasteiger charge is 2.42. The van der Waals surface area contributed by atoms with E-state index in [-0.39, 0.29) is 13.0 Å². The number of rotatable bonds is 1. The summed E-state index contributed by atoms with van der Waals surface area (Å²) in [5.74, 6) is -1.30. The van der Waals surface area contributed by atoms with Crippen LogP contribution in [0.4, 0.5) is 18.9 Å². The molecule has 1 saturated heterocycles. The maximum Gasteiger partial charge on any atom is 0.393 e. The van der Waals surface area contributed by atoms with Gasteiger partial charge in [-0.2, -0.15) is 18.4 Å². The molecule has 0 saturated carbocycles. The van der Waals surface area contributed by atoms with Crippen molar-refractivity contribution in [3.8, 4) is 6.07 Å². The van der Waals surface area contributed by atoms with Gasteiger partial charge in [-0.15, -0.1) is 0 Å². The third-order valence-electron chi connectivity index (χ3n) is 4.09. The van der Waals surface area contributed by atoms with Crippen LogP contribution in [0.3, 0.4) is 0 Å². The molecule has 1 aromatic carbocycles. The topological polar surface area (TPSA) is 39.9 Å². The van der Waals surface area contributed by atoms with Gasteiger partial charge < -0.3 is 4.90 Å². The van der Waals surface area contributed by atoms with Crippen molar-refractivity contribution in [1.29, 1.82) is 5.26 Å². The maximum atomic E-state index is 13.0. The minimum Gasteiger partial charge on any atom is -0.370 e. The number of nitrogens with zero attached hydrogens (tertiary/aromatic N) is 3. The van der Waals surface area contributed by atoms with Gasteiger partial charge in [0.15, 0.2) is 0 Å². The van der Waals surface area contributed by atoms with Crippen molar-refractivity contribution in [1.82, 2.24) is 4.98 Å². The summed E-state index contributed by atoms with van der Waals surface area (Å²) in [7, 11) is 0. The van der Waals surface area contributed by atoms with Crippen LogP contribution in [0.2, 0.25) is 0 Å². The summed E-state index contributed by atoms with van der Waals surface area (Å²) >= 11 is 0. The number of aromatic nitrogens is 1. The van der Waals surface area contributed by atoms with E-state index < -0.39 is 12.1 Å². The maximum absolute atomic E-state index is 13.0. The molecule has 0 bridgehead atoms. The molecule has 1 fully saturated rings. The van der Waals surface area contributed by atoms with Crippen LogP contribution >= 0.6 is 0 Å². The van der Waals surface area contributed by atoms with E-state index in [2.05, 4.69) is 11.1 Å². The smallest absolute Gasteiger partial charge is 0.370 e. The molecule has 0 amide bonds. The lowest BCUT2D eigenvalue weighted by molar-refractivity contribution is -0.175. The van der Waals surface area contributed by atoms with Gasteiger partial charge in [-0.05, 0) is 37.1 Å². The van der Waals surface area contributed by atoms with Gasteiger partial charge >= 0.3 is 6.18 Å². The summed E-state index contributed by atoms with van der Waals surface area (Å²) in [6.45, 7) is 0.544. The van der Waals surface area contributed by atoms with E-state index in [1.807, 2.05) is 0 Å². The van der Waals surface area contributed by atoms with E-state index in [0.717, 1.165) is 11.1 Å². The Hall–Kier alpha value is -2.29. The van der Waals surface area contributed by atoms with Crippen molar-refractivity contribution >= 4 is 16.6 Å². The lowest BCUT2D eigenvalue weighted by Gasteiger charge is -2.35. The summed E-state index contributed by atoms with van der Waals surface area (Å²) in [5, 5.41) is 9.86. The molecule has 1 aliphatic heterocycles. The average Bonchev–Trinajstić information content (AvgIpc) is 2.53. The highest BCUT2D eigenvalue weighted by atomic mass is 19.4. The number of alkyl halides is 3. The lowest BCUT2D eigenvalue weighted by Crippen LogP contribution is -2.41. The van der Waals surface area contributed by atoms with E-state index in [1.54, 1.807) is 35.4 Å². The van der Waals surface area contributed by atoms with Crippen LogP contribution in [-0.4, -0.2) is 24.2 Å². The minimum absolute atomic E-state index is 0.0423. The molecule has 6 heteroatoms. The van der Waals surface area contributed by atoms with Gasteiger partial charge in [0.1, 0.15) is 6.07 Å². The zero-order valence-electron chi connectivity index (χ0n) is 11.8. The Morgan fingerprint density at radius 3 is 2.82 bits per heavy atom. The number of pyridine rings is 1. The Kier molecular flexibility index (Phi) is 3.65. The monoisotopic (exact) mass is 305 g/mol. The largest absolute Gasteiger partial charge is 0.393 e. The van der Waals surface area contributed by atoms with Crippen LogP contribution < -0.4 is 4.90 Å². The van der Waals surface area contributed by atoms with Crippen LogP contribution in [0.5, 0.6) is 0 Å². The Bertz CT molecular complexity index is 733. The average molecular weight is 305 g/mol. The fraction of sp³-hybridized carbons (Fsp3) is 0.375. The molecule has 22 heavy (non-hydrogen) atoms. The molecular formula is C16H14F3N3. The van der Waals surface area contributed by atoms with Crippen LogP contribution in [0, 0.1) is 17.2 Å². The summed E-state index contributed by atoms with van der Waals surface area (Å²) < 4.78 is 38.9. The van der Waals surface area contributed by atoms with Crippen LogP contribution in [-0.2, 0) is 0 Å². The molecule has 1 atom stereocenters. The van der Waals surface area contributed by atoms with E-state index in [4.69, 9.17) is 5.26 Å². The van der Waals surface area contributed by atoms with Crippen molar-refractivity contribution < 1.29 is 13.2 Å². The van der Waals surface area contributed by atoms with Gasteiger partial charge in [0.2, 0.25) is 0 Å². The summed E-state index contributed by atoms with van der Waals surface area (Å²) in [4.78, 5) is 5.96. The van der Waals surface area contributed by atoms with Crippen LogP contribution in [0.1, 0.15) is 18.4 Å². The Balaban J connectivity index is 2.02. The van der Waals surface area contributed by atoms with E-state index in [0.29, 0.717) is 24.0 Å². The Morgan fingerprint density at radius 2 is 2.09 bits per heavy atom. The number of nitriles is 1. The number of benzene rings is 1. The molecule has 0 spiro atoms. The summed E-state index contributed by atoms with van der Waals surface area (Å²) in [6.07, 6.45) is -1.90. The third kappa shape index (κ3) is 2.59. The van der Waals surface area contributed by atoms with E-state index in [1.165, 1.54) is 0 Å². The lowest BCUT2D eigenvalue weighted by atomic mass is 9.96. The standard InChI is InChI=1S/C16H14F3N3/c17-16(18,19)12-3-2-8-22(10-12)14-6-5-11(9-20)15-13(14)4-1-7-21-15/h1,4-7,12H,2-3,8,10H2. The second kappa shape index (κ2) is 5.48. The van der Waals surface area contributed by atoms with Gasteiger partial charge in [-0.25, -0.2) is 0 Å². The molecule has 2 aromatic rings. The first-order valence-electron chi connectivity index (χ1n) is 7.10. The number of fused-ring (bicyclic) bond motifs is 1. The SMILES string of the molecule is N#Cc1ccc(N2CCCC(C(F)(F)F)C2)c2cccnc12. The molecule has 3 nitrogen and oxygen atoms in total. The third-order valence-corrected chi connectivity index (χ3v) is 4.09. The fourth-order valence-corrected chi connectivity index (χ4v) is 2.99. The molecule has 0 aliphatic carbocycles. The molecule has 1 aromatic heterocycles. The minimum atomic E-state index is -4.17. The predicted molar refractivity (Wildman–Crippen MR) is 77.5 cm³/mol. The zero-order valence-corrected chi connectivity index (χ0v) is 11.8. The highest BCUT2D eigenvalue weighted by Crippen LogP contribution is 2.37. The zero-order chi connectivity index (χ0) is 15.7.